The topological polar surface area (TPSA) is 64.3 Å². The molecule has 3 N–H and O–H groups in total. The summed E-state index contributed by atoms with van der Waals surface area (Å²) in [5.74, 6) is -1.30. The normalized spacial score (nSPS) is 10.6. The van der Waals surface area contributed by atoms with Crippen molar-refractivity contribution in [2.45, 2.75) is 19.9 Å². The minimum Gasteiger partial charge on any atom is -0.491 e. The maximum Gasteiger partial charge on any atom is 0.255 e. The van der Waals surface area contributed by atoms with Gasteiger partial charge < -0.3 is 15.8 Å². The summed E-state index contributed by atoms with van der Waals surface area (Å²) < 4.78 is 18.7. The highest BCUT2D eigenvalue weighted by Crippen LogP contribution is 2.20. The van der Waals surface area contributed by atoms with Gasteiger partial charge >= 0.3 is 0 Å². The van der Waals surface area contributed by atoms with Crippen LogP contribution in [0.5, 0.6) is 5.75 Å². The zero-order valence-corrected chi connectivity index (χ0v) is 10.00. The molecule has 4 nitrogen and oxygen atoms in total. The molecule has 17 heavy (non-hydrogen) atoms. The highest BCUT2D eigenvalue weighted by atomic mass is 19.1. The van der Waals surface area contributed by atoms with Crippen LogP contribution < -0.4 is 15.8 Å². The smallest absolute Gasteiger partial charge is 0.255 e. The Kier molecular flexibility index (Phi) is 4.90. The van der Waals surface area contributed by atoms with Crippen molar-refractivity contribution in [2.24, 2.45) is 5.73 Å². The van der Waals surface area contributed by atoms with Crippen LogP contribution in [0, 0.1) is 5.82 Å². The molecule has 0 aliphatic heterocycles. The van der Waals surface area contributed by atoms with Crippen molar-refractivity contribution < 1.29 is 13.9 Å². The maximum absolute atomic E-state index is 13.3. The molecule has 0 saturated carbocycles. The number of nitrogens with two attached hydrogens (primary N) is 1. The van der Waals surface area contributed by atoms with Crippen LogP contribution in [0.15, 0.2) is 18.2 Å². The Morgan fingerprint density at radius 2 is 2.24 bits per heavy atom. The number of nitrogens with one attached hydrogen (secondary N) is 1. The lowest BCUT2D eigenvalue weighted by molar-refractivity contribution is 0.0992. The van der Waals surface area contributed by atoms with Crippen molar-refractivity contribution in [3.63, 3.8) is 0 Å². The number of benzene rings is 1. The fourth-order valence-corrected chi connectivity index (χ4v) is 1.37. The lowest BCUT2D eigenvalue weighted by atomic mass is 10.2. The van der Waals surface area contributed by atoms with Crippen molar-refractivity contribution in [1.82, 2.24) is 5.32 Å². The summed E-state index contributed by atoms with van der Waals surface area (Å²) in [6.45, 7) is 4.99. The molecule has 1 rings (SSSR count). The van der Waals surface area contributed by atoms with Crippen LogP contribution in [0.1, 0.15) is 24.2 Å². The van der Waals surface area contributed by atoms with Gasteiger partial charge in [-0.15, -0.1) is 0 Å². The summed E-state index contributed by atoms with van der Waals surface area (Å²) in [5, 5.41) is 3.14. The molecule has 0 fully saturated rings. The van der Waals surface area contributed by atoms with E-state index in [1.807, 2.05) is 13.8 Å². The zero-order chi connectivity index (χ0) is 12.8. The number of primary amides is 1. The SMILES string of the molecule is CC(C)NCCOc1cccc(F)c1C(N)=O. The standard InChI is InChI=1S/C12H17FN2O2/c1-8(2)15-6-7-17-10-5-3-4-9(13)11(10)12(14)16/h3-5,8,15H,6-7H2,1-2H3,(H2,14,16). The Labute approximate surface area is 100.0 Å². The first-order chi connectivity index (χ1) is 8.02. The van der Waals surface area contributed by atoms with E-state index in [0.29, 0.717) is 19.2 Å². The molecule has 0 aliphatic carbocycles. The predicted octanol–water partition coefficient (Wildman–Crippen LogP) is 1.30. The number of carbonyl (C=O) groups is 1. The first-order valence-corrected chi connectivity index (χ1v) is 5.47. The first kappa shape index (κ1) is 13.4. The number of halogens is 1. The van der Waals surface area contributed by atoms with Crippen LogP contribution in [0.3, 0.4) is 0 Å². The van der Waals surface area contributed by atoms with Gasteiger partial charge in [-0.05, 0) is 12.1 Å². The average molecular weight is 240 g/mol. The summed E-state index contributed by atoms with van der Waals surface area (Å²) in [7, 11) is 0. The van der Waals surface area contributed by atoms with Crippen LogP contribution in [0.2, 0.25) is 0 Å². The fourth-order valence-electron chi connectivity index (χ4n) is 1.37. The lowest BCUT2D eigenvalue weighted by Crippen LogP contribution is -2.28. The number of carbonyl (C=O) groups excluding carboxylic acids is 1. The summed E-state index contributed by atoms with van der Waals surface area (Å²) in [5.41, 5.74) is 4.90. The van der Waals surface area contributed by atoms with E-state index in [0.717, 1.165) is 0 Å². The minimum absolute atomic E-state index is 0.183. The molecule has 0 bridgehead atoms. The summed E-state index contributed by atoms with van der Waals surface area (Å²) in [6.07, 6.45) is 0. The van der Waals surface area contributed by atoms with Crippen LogP contribution in [0.4, 0.5) is 4.39 Å². The molecule has 0 saturated heterocycles. The van der Waals surface area contributed by atoms with Gasteiger partial charge in [-0.2, -0.15) is 0 Å². The van der Waals surface area contributed by atoms with Gasteiger partial charge in [0.25, 0.3) is 5.91 Å². The van der Waals surface area contributed by atoms with Gasteiger partial charge in [0.15, 0.2) is 0 Å². The Morgan fingerprint density at radius 3 is 2.82 bits per heavy atom. The van der Waals surface area contributed by atoms with Crippen LogP contribution in [-0.4, -0.2) is 25.1 Å². The third kappa shape index (κ3) is 4.03. The van der Waals surface area contributed by atoms with Gasteiger partial charge in [0.05, 0.1) is 0 Å². The largest absolute Gasteiger partial charge is 0.491 e. The Hall–Kier alpha value is -1.62. The van der Waals surface area contributed by atoms with Gasteiger partial charge in [-0.25, -0.2) is 4.39 Å². The first-order valence-electron chi connectivity index (χ1n) is 5.47. The van der Waals surface area contributed by atoms with Crippen molar-refractivity contribution in [1.29, 1.82) is 0 Å². The molecule has 1 aromatic carbocycles. The van der Waals surface area contributed by atoms with Crippen LogP contribution >= 0.6 is 0 Å². The van der Waals surface area contributed by atoms with E-state index >= 15 is 0 Å². The molecule has 0 spiro atoms. The highest BCUT2D eigenvalue weighted by Gasteiger charge is 2.14. The van der Waals surface area contributed by atoms with Gasteiger partial charge in [0.1, 0.15) is 23.7 Å². The van der Waals surface area contributed by atoms with E-state index in [1.54, 1.807) is 0 Å². The second kappa shape index (κ2) is 6.20. The number of hydrogen-bond acceptors (Lipinski definition) is 3. The molecule has 0 aromatic heterocycles. The summed E-state index contributed by atoms with van der Waals surface area (Å²) in [6, 6.07) is 4.53. The molecule has 0 atom stereocenters. The van der Waals surface area contributed by atoms with E-state index in [4.69, 9.17) is 10.5 Å². The summed E-state index contributed by atoms with van der Waals surface area (Å²) >= 11 is 0. The van der Waals surface area contributed by atoms with Crippen molar-refractivity contribution in [3.05, 3.63) is 29.6 Å². The molecule has 0 aliphatic rings. The maximum atomic E-state index is 13.3. The van der Waals surface area contributed by atoms with Gasteiger partial charge in [-0.1, -0.05) is 19.9 Å². The molecular formula is C12H17FN2O2. The third-order valence-corrected chi connectivity index (χ3v) is 2.13. The molecule has 5 heteroatoms. The van der Waals surface area contributed by atoms with E-state index in [9.17, 15) is 9.18 Å². The molecule has 0 unspecified atom stereocenters. The number of hydrogen-bond donors (Lipinski definition) is 2. The Bertz CT molecular complexity index is 394. The minimum atomic E-state index is -0.824. The average Bonchev–Trinajstić information content (AvgIpc) is 2.23. The van der Waals surface area contributed by atoms with Crippen LogP contribution in [0.25, 0.3) is 0 Å². The second-order valence-corrected chi connectivity index (χ2v) is 3.93. The number of ether oxygens (including phenoxy) is 1. The van der Waals surface area contributed by atoms with E-state index in [-0.39, 0.29) is 11.3 Å². The van der Waals surface area contributed by atoms with Gasteiger partial charge in [0, 0.05) is 12.6 Å². The van der Waals surface area contributed by atoms with Gasteiger partial charge in [-0.3, -0.25) is 4.79 Å². The lowest BCUT2D eigenvalue weighted by Gasteiger charge is -2.12. The predicted molar refractivity (Wildman–Crippen MR) is 63.6 cm³/mol. The molecule has 1 aromatic rings. The van der Waals surface area contributed by atoms with E-state index in [1.165, 1.54) is 18.2 Å². The third-order valence-electron chi connectivity index (χ3n) is 2.13. The van der Waals surface area contributed by atoms with Crippen molar-refractivity contribution >= 4 is 5.91 Å². The van der Waals surface area contributed by atoms with Crippen molar-refractivity contribution in [3.8, 4) is 5.75 Å². The quantitative estimate of drug-likeness (QED) is 0.737. The fraction of sp³-hybridized carbons (Fsp3) is 0.417. The molecule has 0 radical (unpaired) electrons. The monoisotopic (exact) mass is 240 g/mol. The highest BCUT2D eigenvalue weighted by molar-refractivity contribution is 5.95. The second-order valence-electron chi connectivity index (χ2n) is 3.93. The number of amides is 1. The molecular weight excluding hydrogens is 223 g/mol. The van der Waals surface area contributed by atoms with Crippen molar-refractivity contribution in [2.75, 3.05) is 13.2 Å². The molecule has 1 amide bonds. The zero-order valence-electron chi connectivity index (χ0n) is 10.00. The van der Waals surface area contributed by atoms with Crippen LogP contribution in [-0.2, 0) is 0 Å². The molecule has 94 valence electrons. The Balaban J connectivity index is 2.64. The number of rotatable bonds is 6. The van der Waals surface area contributed by atoms with E-state index < -0.39 is 11.7 Å². The summed E-state index contributed by atoms with van der Waals surface area (Å²) in [4.78, 5) is 11.1. The van der Waals surface area contributed by atoms with Gasteiger partial charge in [0.2, 0.25) is 0 Å². The van der Waals surface area contributed by atoms with E-state index in [2.05, 4.69) is 5.32 Å². The molecule has 0 heterocycles. The Morgan fingerprint density at radius 1 is 1.53 bits per heavy atom.